The van der Waals surface area contributed by atoms with Gasteiger partial charge in [0.15, 0.2) is 0 Å². The lowest BCUT2D eigenvalue weighted by molar-refractivity contribution is -0.203. The second-order valence-electron chi connectivity index (χ2n) is 13.8. The number of carbonyl (C=O) groups excluding carboxylic acids is 1. The summed E-state index contributed by atoms with van der Waals surface area (Å²) in [6.07, 6.45) is 12.5. The van der Waals surface area contributed by atoms with E-state index in [9.17, 15) is 15.0 Å². The Kier molecular flexibility index (Phi) is 8.22. The van der Waals surface area contributed by atoms with Gasteiger partial charge in [-0.2, -0.15) is 0 Å². The zero-order valence-corrected chi connectivity index (χ0v) is 24.5. The van der Waals surface area contributed by atoms with Gasteiger partial charge >= 0.3 is 5.97 Å². The highest BCUT2D eigenvalue weighted by atomic mass is 35.5. The lowest BCUT2D eigenvalue weighted by Crippen LogP contribution is -2.62. The van der Waals surface area contributed by atoms with Crippen LogP contribution in [0.5, 0.6) is 0 Å². The third-order valence-electron chi connectivity index (χ3n) is 12.1. The van der Waals surface area contributed by atoms with Crippen LogP contribution in [0.4, 0.5) is 0 Å². The molecule has 0 saturated heterocycles. The van der Waals surface area contributed by atoms with Gasteiger partial charge in [0, 0.05) is 12.4 Å². The highest BCUT2D eigenvalue weighted by Crippen LogP contribution is 2.69. The maximum absolute atomic E-state index is 12.4. The van der Waals surface area contributed by atoms with E-state index in [4.69, 9.17) is 16.3 Å². The minimum absolute atomic E-state index is 0.196. The number of esters is 1. The highest BCUT2D eigenvalue weighted by Gasteiger charge is 2.64. The van der Waals surface area contributed by atoms with Gasteiger partial charge in [0.25, 0.3) is 0 Å². The third kappa shape index (κ3) is 4.94. The monoisotopic (exact) mass is 545 g/mol. The summed E-state index contributed by atoms with van der Waals surface area (Å²) in [6.45, 7) is 10.0. The Bertz CT molecular complexity index is 1000. The van der Waals surface area contributed by atoms with Gasteiger partial charge in [-0.1, -0.05) is 45.7 Å². The van der Waals surface area contributed by atoms with Crippen molar-refractivity contribution in [3.8, 4) is 0 Å². The van der Waals surface area contributed by atoms with Crippen LogP contribution in [0.2, 0.25) is 5.02 Å². The van der Waals surface area contributed by atoms with Crippen LogP contribution >= 0.6 is 11.6 Å². The lowest BCUT2D eigenvalue weighted by atomic mass is 9.41. The molecule has 11 atom stereocenters. The number of aliphatic hydroxyl groups is 2. The Labute approximate surface area is 234 Å². The number of hydrogen-bond acceptors (Lipinski definition) is 5. The minimum Gasteiger partial charge on any atom is -0.465 e. The van der Waals surface area contributed by atoms with Gasteiger partial charge in [-0.25, -0.2) is 0 Å². The van der Waals surface area contributed by atoms with E-state index in [1.165, 1.54) is 25.7 Å². The summed E-state index contributed by atoms with van der Waals surface area (Å²) in [7, 11) is 0. The number of ether oxygens (including phenoxy) is 1. The number of halogens is 1. The van der Waals surface area contributed by atoms with E-state index < -0.39 is 0 Å². The van der Waals surface area contributed by atoms with Crippen molar-refractivity contribution in [3.63, 3.8) is 0 Å². The molecule has 4 saturated carbocycles. The number of rotatable bonds is 7. The Morgan fingerprint density at radius 3 is 2.58 bits per heavy atom. The first-order valence-corrected chi connectivity index (χ1v) is 15.6. The topological polar surface area (TPSA) is 79.7 Å². The van der Waals surface area contributed by atoms with Crippen LogP contribution in [-0.4, -0.2) is 40.0 Å². The van der Waals surface area contributed by atoms with Gasteiger partial charge in [-0.05, 0) is 115 Å². The molecule has 0 spiro atoms. The molecule has 0 aromatic carbocycles. The van der Waals surface area contributed by atoms with E-state index in [1.54, 1.807) is 18.5 Å². The largest absolute Gasteiger partial charge is 0.465 e. The molecule has 1 aromatic heterocycles. The van der Waals surface area contributed by atoms with E-state index in [1.807, 2.05) is 0 Å². The molecule has 1 aromatic rings. The predicted molar refractivity (Wildman–Crippen MR) is 149 cm³/mol. The fourth-order valence-corrected chi connectivity index (χ4v) is 10.5. The fraction of sp³-hybridized carbons (Fsp3) is 0.812. The standard InChI is InChI=1S/C32H48ClNO4/c1-5-23-27-16-22(35)8-11-32(27,4)26-9-12-31(3)24(6-7-25(31)29(26)30(23)37)19(2)10-13-38-28(36)15-20-14-21(33)18-34-17-20/h14,17-19,22-27,29-30,35,37H,5-13,15-16H2,1-4H3/t19-,22-,23-,24-,25+,26+,27+,29+,30-,31-,32-/m1/s1. The number of aromatic nitrogens is 1. The summed E-state index contributed by atoms with van der Waals surface area (Å²) >= 11 is 5.99. The second kappa shape index (κ2) is 11.0. The number of nitrogens with zero attached hydrogens (tertiary/aromatic N) is 1. The average molecular weight is 546 g/mol. The first-order valence-electron chi connectivity index (χ1n) is 15.2. The van der Waals surface area contributed by atoms with E-state index in [2.05, 4.69) is 32.7 Å². The van der Waals surface area contributed by atoms with Gasteiger partial charge in [0.1, 0.15) is 0 Å². The van der Waals surface area contributed by atoms with Crippen LogP contribution in [0.25, 0.3) is 0 Å². The molecule has 1 heterocycles. The predicted octanol–water partition coefficient (Wildman–Crippen LogP) is 6.47. The number of pyridine rings is 1. The molecule has 2 N–H and O–H groups in total. The van der Waals surface area contributed by atoms with Crippen LogP contribution in [0.3, 0.4) is 0 Å². The Morgan fingerprint density at radius 1 is 1.11 bits per heavy atom. The molecule has 4 fully saturated rings. The molecular formula is C32H48ClNO4. The fourth-order valence-electron chi connectivity index (χ4n) is 10.3. The van der Waals surface area contributed by atoms with E-state index >= 15 is 0 Å². The molecule has 212 valence electrons. The molecule has 4 aliphatic carbocycles. The molecule has 38 heavy (non-hydrogen) atoms. The van der Waals surface area contributed by atoms with E-state index in [-0.39, 0.29) is 35.4 Å². The Morgan fingerprint density at radius 2 is 1.84 bits per heavy atom. The van der Waals surface area contributed by atoms with Crippen LogP contribution in [0.1, 0.15) is 91.0 Å². The van der Waals surface area contributed by atoms with Crippen molar-refractivity contribution in [2.75, 3.05) is 6.61 Å². The molecule has 5 nitrogen and oxygen atoms in total. The summed E-state index contributed by atoms with van der Waals surface area (Å²) < 4.78 is 5.63. The summed E-state index contributed by atoms with van der Waals surface area (Å²) in [6, 6.07) is 1.76. The lowest BCUT2D eigenvalue weighted by Gasteiger charge is -2.64. The summed E-state index contributed by atoms with van der Waals surface area (Å²) in [5.41, 5.74) is 1.24. The first-order chi connectivity index (χ1) is 18.1. The molecule has 6 heteroatoms. The zero-order valence-electron chi connectivity index (χ0n) is 23.7. The Hall–Kier alpha value is -1.17. The Balaban J connectivity index is 1.24. The summed E-state index contributed by atoms with van der Waals surface area (Å²) in [4.78, 5) is 16.4. The van der Waals surface area contributed by atoms with Crippen molar-refractivity contribution < 1.29 is 19.7 Å². The van der Waals surface area contributed by atoms with Gasteiger partial charge in [-0.15, -0.1) is 0 Å². The van der Waals surface area contributed by atoms with Crippen LogP contribution in [0.15, 0.2) is 18.5 Å². The maximum atomic E-state index is 12.4. The number of carbonyl (C=O) groups is 1. The molecule has 0 unspecified atom stereocenters. The normalized spacial score (nSPS) is 43.0. The van der Waals surface area contributed by atoms with Crippen LogP contribution in [-0.2, 0) is 16.0 Å². The molecule has 0 aliphatic heterocycles. The number of hydrogen-bond donors (Lipinski definition) is 2. The molecule has 0 radical (unpaired) electrons. The van der Waals surface area contributed by atoms with Crippen LogP contribution < -0.4 is 0 Å². The van der Waals surface area contributed by atoms with Crippen molar-refractivity contribution in [2.24, 2.45) is 52.3 Å². The number of aliphatic hydroxyl groups excluding tert-OH is 2. The van der Waals surface area contributed by atoms with Crippen molar-refractivity contribution in [1.29, 1.82) is 0 Å². The smallest absolute Gasteiger partial charge is 0.310 e. The van der Waals surface area contributed by atoms with E-state index in [0.29, 0.717) is 53.1 Å². The van der Waals surface area contributed by atoms with Gasteiger partial charge in [-0.3, -0.25) is 9.78 Å². The maximum Gasteiger partial charge on any atom is 0.310 e. The number of fused-ring (bicyclic) bond motifs is 5. The minimum atomic E-state index is -0.256. The van der Waals surface area contributed by atoms with E-state index in [0.717, 1.165) is 37.7 Å². The molecule has 4 aliphatic rings. The molecule has 0 amide bonds. The van der Waals surface area contributed by atoms with Crippen molar-refractivity contribution in [1.82, 2.24) is 4.98 Å². The van der Waals surface area contributed by atoms with Gasteiger partial charge in [0.2, 0.25) is 0 Å². The van der Waals surface area contributed by atoms with Crippen molar-refractivity contribution in [2.45, 2.75) is 104 Å². The third-order valence-corrected chi connectivity index (χ3v) is 12.3. The van der Waals surface area contributed by atoms with Crippen molar-refractivity contribution >= 4 is 17.6 Å². The molecular weight excluding hydrogens is 498 g/mol. The average Bonchev–Trinajstić information content (AvgIpc) is 3.22. The summed E-state index contributed by atoms with van der Waals surface area (Å²) in [5, 5.41) is 22.9. The van der Waals surface area contributed by atoms with Gasteiger partial charge in [0.05, 0.1) is 30.3 Å². The molecule has 0 bridgehead atoms. The first kappa shape index (κ1) is 28.4. The molecule has 5 rings (SSSR count). The van der Waals surface area contributed by atoms with Crippen molar-refractivity contribution in [3.05, 3.63) is 29.0 Å². The van der Waals surface area contributed by atoms with Crippen LogP contribution in [0, 0.1) is 52.3 Å². The van der Waals surface area contributed by atoms with Gasteiger partial charge < -0.3 is 14.9 Å². The zero-order chi connectivity index (χ0) is 27.2. The quantitative estimate of drug-likeness (QED) is 0.384. The second-order valence-corrected chi connectivity index (χ2v) is 14.2. The SMILES string of the molecule is CC[C@H]1[C@@H](O)[C@@H]2[C@H](CC[C@]3(C)[C@@H]([C@H](C)CCOC(=O)Cc4cncc(Cl)c4)CC[C@@H]23)[C@@]2(C)CC[C@@H](O)C[C@@H]12. The highest BCUT2D eigenvalue weighted by molar-refractivity contribution is 6.30. The summed E-state index contributed by atoms with van der Waals surface area (Å²) in [5.74, 6) is 3.06.